The molecule has 1 fully saturated rings. The van der Waals surface area contributed by atoms with E-state index in [0.717, 1.165) is 29.3 Å². The number of hydrogen-bond acceptors (Lipinski definition) is 6. The molecule has 0 bridgehead atoms. The van der Waals surface area contributed by atoms with Crippen molar-refractivity contribution in [3.8, 4) is 0 Å². The van der Waals surface area contributed by atoms with Gasteiger partial charge in [0.05, 0.1) is 12.2 Å². The van der Waals surface area contributed by atoms with E-state index in [1.165, 1.54) is 12.8 Å². The van der Waals surface area contributed by atoms with Gasteiger partial charge in [-0.05, 0) is 33.1 Å². The largest absolute Gasteiger partial charge is 0.424 e. The molecule has 6 nitrogen and oxygen atoms in total. The predicted molar refractivity (Wildman–Crippen MR) is 72.1 cm³/mol. The Balaban J connectivity index is 1.65. The fraction of sp³-hybridized carbons (Fsp3) is 0.643. The number of aromatic nitrogens is 3. The minimum absolute atomic E-state index is 0.192. The summed E-state index contributed by atoms with van der Waals surface area (Å²) in [6, 6.07) is 0.192. The third-order valence-corrected chi connectivity index (χ3v) is 3.75. The lowest BCUT2D eigenvalue weighted by molar-refractivity contribution is 0.385. The summed E-state index contributed by atoms with van der Waals surface area (Å²) >= 11 is 0. The van der Waals surface area contributed by atoms with Crippen molar-refractivity contribution in [3.63, 3.8) is 0 Å². The molecule has 2 aromatic rings. The summed E-state index contributed by atoms with van der Waals surface area (Å²) in [5.41, 5.74) is 2.07. The van der Waals surface area contributed by atoms with Gasteiger partial charge >= 0.3 is 0 Å². The van der Waals surface area contributed by atoms with E-state index in [4.69, 9.17) is 8.94 Å². The van der Waals surface area contributed by atoms with Crippen LogP contribution in [0.1, 0.15) is 66.9 Å². The van der Waals surface area contributed by atoms with Crippen LogP contribution in [0.25, 0.3) is 0 Å². The van der Waals surface area contributed by atoms with Crippen LogP contribution >= 0.6 is 0 Å². The van der Waals surface area contributed by atoms with Gasteiger partial charge < -0.3 is 14.3 Å². The van der Waals surface area contributed by atoms with Crippen LogP contribution < -0.4 is 5.32 Å². The molecule has 0 spiro atoms. The van der Waals surface area contributed by atoms with Crippen LogP contribution in [0, 0.1) is 13.8 Å². The first-order chi connectivity index (χ1) is 9.69. The average Bonchev–Trinajstić information content (AvgIpc) is 3.11. The van der Waals surface area contributed by atoms with Crippen LogP contribution in [0.15, 0.2) is 8.94 Å². The fourth-order valence-corrected chi connectivity index (χ4v) is 2.48. The van der Waals surface area contributed by atoms with E-state index in [-0.39, 0.29) is 6.04 Å². The van der Waals surface area contributed by atoms with Gasteiger partial charge in [0, 0.05) is 17.5 Å². The first-order valence-corrected chi connectivity index (χ1v) is 7.17. The van der Waals surface area contributed by atoms with Gasteiger partial charge in [-0.25, -0.2) is 0 Å². The summed E-state index contributed by atoms with van der Waals surface area (Å²) < 4.78 is 10.9. The SMILES string of the molecule is CC[C@@H](NCc1nnc(C2CC2)o1)c1c(C)noc1C. The van der Waals surface area contributed by atoms with Crippen LogP contribution in [-0.2, 0) is 6.54 Å². The molecular weight excluding hydrogens is 256 g/mol. The Labute approximate surface area is 117 Å². The Morgan fingerprint density at radius 3 is 2.70 bits per heavy atom. The quantitative estimate of drug-likeness (QED) is 0.874. The van der Waals surface area contributed by atoms with Crippen molar-refractivity contribution in [3.05, 3.63) is 28.8 Å². The maximum Gasteiger partial charge on any atom is 0.230 e. The predicted octanol–water partition coefficient (Wildman–Crippen LogP) is 2.79. The highest BCUT2D eigenvalue weighted by Crippen LogP contribution is 2.39. The van der Waals surface area contributed by atoms with Crippen molar-refractivity contribution < 1.29 is 8.94 Å². The van der Waals surface area contributed by atoms with Gasteiger partial charge in [0.25, 0.3) is 0 Å². The highest BCUT2D eigenvalue weighted by atomic mass is 16.5. The van der Waals surface area contributed by atoms with Gasteiger partial charge in [-0.15, -0.1) is 10.2 Å². The van der Waals surface area contributed by atoms with Gasteiger partial charge in [-0.3, -0.25) is 0 Å². The van der Waals surface area contributed by atoms with Crippen molar-refractivity contribution in [2.75, 3.05) is 0 Å². The Morgan fingerprint density at radius 2 is 2.10 bits per heavy atom. The molecule has 2 aromatic heterocycles. The summed E-state index contributed by atoms with van der Waals surface area (Å²) in [6.07, 6.45) is 3.30. The maximum atomic E-state index is 5.66. The summed E-state index contributed by atoms with van der Waals surface area (Å²) in [5, 5.41) is 15.6. The second-order valence-electron chi connectivity index (χ2n) is 5.39. The molecule has 0 unspecified atom stereocenters. The molecule has 1 aliphatic carbocycles. The summed E-state index contributed by atoms with van der Waals surface area (Å²) in [7, 11) is 0. The molecule has 20 heavy (non-hydrogen) atoms. The van der Waals surface area contributed by atoms with Gasteiger partial charge in [0.2, 0.25) is 11.8 Å². The van der Waals surface area contributed by atoms with Crippen LogP contribution in [0.5, 0.6) is 0 Å². The van der Waals surface area contributed by atoms with Gasteiger partial charge in [-0.2, -0.15) is 0 Å². The van der Waals surface area contributed by atoms with Crippen molar-refractivity contribution in [2.24, 2.45) is 0 Å². The molecule has 2 heterocycles. The lowest BCUT2D eigenvalue weighted by Crippen LogP contribution is -2.21. The first kappa shape index (κ1) is 13.3. The third kappa shape index (κ3) is 2.60. The summed E-state index contributed by atoms with van der Waals surface area (Å²) in [6.45, 7) is 6.61. The van der Waals surface area contributed by atoms with Crippen LogP contribution in [0.4, 0.5) is 0 Å². The topological polar surface area (TPSA) is 77.0 Å². The molecule has 0 radical (unpaired) electrons. The number of hydrogen-bond donors (Lipinski definition) is 1. The zero-order valence-corrected chi connectivity index (χ0v) is 12.1. The van der Waals surface area contributed by atoms with E-state index < -0.39 is 0 Å². The number of rotatable bonds is 6. The van der Waals surface area contributed by atoms with E-state index >= 15 is 0 Å². The molecule has 0 aromatic carbocycles. The molecule has 108 valence electrons. The zero-order chi connectivity index (χ0) is 14.1. The molecule has 1 aliphatic rings. The van der Waals surface area contributed by atoms with Crippen LogP contribution in [0.3, 0.4) is 0 Å². The average molecular weight is 276 g/mol. The van der Waals surface area contributed by atoms with E-state index in [1.54, 1.807) is 0 Å². The van der Waals surface area contributed by atoms with Crippen molar-refractivity contribution in [1.82, 2.24) is 20.7 Å². The molecule has 1 saturated carbocycles. The van der Waals surface area contributed by atoms with Gasteiger partial charge in [0.1, 0.15) is 5.76 Å². The Morgan fingerprint density at radius 1 is 1.30 bits per heavy atom. The lowest BCUT2D eigenvalue weighted by Gasteiger charge is -2.15. The van der Waals surface area contributed by atoms with Crippen LogP contribution in [-0.4, -0.2) is 15.4 Å². The second kappa shape index (κ2) is 5.36. The third-order valence-electron chi connectivity index (χ3n) is 3.75. The molecule has 1 atom stereocenters. The standard InChI is InChI=1S/C14H20N4O2/c1-4-11(13-8(2)18-20-9(13)3)15-7-12-16-17-14(19-12)10-5-6-10/h10-11,15H,4-7H2,1-3H3/t11-/m1/s1. The second-order valence-corrected chi connectivity index (χ2v) is 5.39. The molecular formula is C14H20N4O2. The summed E-state index contributed by atoms with van der Waals surface area (Å²) in [4.78, 5) is 0. The zero-order valence-electron chi connectivity index (χ0n) is 12.1. The molecule has 3 rings (SSSR count). The number of nitrogens with zero attached hydrogens (tertiary/aromatic N) is 3. The minimum atomic E-state index is 0.192. The highest BCUT2D eigenvalue weighted by Gasteiger charge is 2.29. The monoisotopic (exact) mass is 276 g/mol. The number of nitrogens with one attached hydrogen (secondary N) is 1. The summed E-state index contributed by atoms with van der Waals surface area (Å²) in [5.74, 6) is 2.80. The van der Waals surface area contributed by atoms with Crippen molar-refractivity contribution in [2.45, 2.75) is 58.5 Å². The smallest absolute Gasteiger partial charge is 0.230 e. The van der Waals surface area contributed by atoms with E-state index in [9.17, 15) is 0 Å². The highest BCUT2D eigenvalue weighted by molar-refractivity contribution is 5.24. The fourth-order valence-electron chi connectivity index (χ4n) is 2.48. The normalized spacial score (nSPS) is 16.6. The molecule has 6 heteroatoms. The first-order valence-electron chi connectivity index (χ1n) is 7.17. The van der Waals surface area contributed by atoms with E-state index in [2.05, 4.69) is 27.6 Å². The van der Waals surface area contributed by atoms with Crippen molar-refractivity contribution in [1.29, 1.82) is 0 Å². The van der Waals surface area contributed by atoms with Crippen LogP contribution in [0.2, 0.25) is 0 Å². The Hall–Kier alpha value is -1.69. The maximum absolute atomic E-state index is 5.66. The Bertz CT molecular complexity index is 566. The molecule has 0 aliphatic heterocycles. The molecule has 1 N–H and O–H groups in total. The van der Waals surface area contributed by atoms with E-state index in [1.807, 2.05) is 13.8 Å². The molecule has 0 amide bonds. The van der Waals surface area contributed by atoms with E-state index in [0.29, 0.717) is 18.4 Å². The van der Waals surface area contributed by atoms with Gasteiger partial charge in [0.15, 0.2) is 0 Å². The van der Waals surface area contributed by atoms with Crippen molar-refractivity contribution >= 4 is 0 Å². The number of aryl methyl sites for hydroxylation is 2. The minimum Gasteiger partial charge on any atom is -0.424 e. The molecule has 0 saturated heterocycles. The van der Waals surface area contributed by atoms with Gasteiger partial charge in [-0.1, -0.05) is 12.1 Å². The lowest BCUT2D eigenvalue weighted by atomic mass is 10.0. The Kier molecular flexibility index (Phi) is 3.56.